The topological polar surface area (TPSA) is 26.3 Å². The van der Waals surface area contributed by atoms with Crippen molar-refractivity contribution in [3.05, 3.63) is 21.7 Å². The van der Waals surface area contributed by atoms with Crippen molar-refractivity contribution in [1.29, 1.82) is 0 Å². The van der Waals surface area contributed by atoms with E-state index in [4.69, 9.17) is 4.74 Å². The molecule has 1 atom stereocenters. The van der Waals surface area contributed by atoms with Gasteiger partial charge < -0.3 is 4.74 Å². The first-order chi connectivity index (χ1) is 13.2. The number of fused-ring (bicyclic) bond motifs is 1. The molecule has 2 rings (SSSR count). The van der Waals surface area contributed by atoms with E-state index in [1.54, 1.807) is 22.7 Å². The molecule has 0 spiro atoms. The standard InChI is InChI=1S/C23H36O2S2/c1-3-5-7-9-10-12-14-19(13-11-8-6-4-2)23(24)25-16-21-15-20-17-26-18-22(20)27-21/h15,17-19H,3-14,16H2,1-2H3. The van der Waals surface area contributed by atoms with Crippen molar-refractivity contribution in [2.75, 3.05) is 0 Å². The van der Waals surface area contributed by atoms with Crippen molar-refractivity contribution >= 4 is 38.7 Å². The summed E-state index contributed by atoms with van der Waals surface area (Å²) in [5.41, 5.74) is 0. The van der Waals surface area contributed by atoms with Crippen LogP contribution in [0.2, 0.25) is 0 Å². The summed E-state index contributed by atoms with van der Waals surface area (Å²) in [7, 11) is 0. The van der Waals surface area contributed by atoms with Crippen LogP contribution in [-0.4, -0.2) is 5.97 Å². The molecule has 1 unspecified atom stereocenters. The van der Waals surface area contributed by atoms with Crippen LogP contribution in [0.1, 0.15) is 95.8 Å². The van der Waals surface area contributed by atoms with E-state index >= 15 is 0 Å². The molecule has 0 saturated heterocycles. The fourth-order valence-electron chi connectivity index (χ4n) is 3.53. The average Bonchev–Trinajstić information content (AvgIpc) is 3.26. The van der Waals surface area contributed by atoms with Gasteiger partial charge in [-0.15, -0.1) is 11.3 Å². The van der Waals surface area contributed by atoms with Crippen LogP contribution >= 0.6 is 22.7 Å². The number of rotatable bonds is 15. The SMILES string of the molecule is CCCCCCCCC(CCCCCC)C(=O)OCc1cc2cscc2s1. The van der Waals surface area contributed by atoms with Gasteiger partial charge in [-0.2, -0.15) is 11.3 Å². The maximum atomic E-state index is 12.7. The van der Waals surface area contributed by atoms with Gasteiger partial charge in [-0.1, -0.05) is 78.1 Å². The van der Waals surface area contributed by atoms with Crippen LogP contribution in [0.15, 0.2) is 16.8 Å². The molecule has 0 fully saturated rings. The minimum absolute atomic E-state index is 0.0240. The third-order valence-electron chi connectivity index (χ3n) is 5.21. The normalized spacial score (nSPS) is 12.5. The Kier molecular flexibility index (Phi) is 11.1. The van der Waals surface area contributed by atoms with E-state index in [0.717, 1.165) is 30.6 Å². The number of hydrogen-bond acceptors (Lipinski definition) is 4. The molecule has 27 heavy (non-hydrogen) atoms. The fraction of sp³-hybridized carbons (Fsp3) is 0.696. The number of carbonyl (C=O) groups is 1. The van der Waals surface area contributed by atoms with E-state index in [9.17, 15) is 4.79 Å². The molecular weight excluding hydrogens is 372 g/mol. The van der Waals surface area contributed by atoms with E-state index in [0.29, 0.717) is 6.61 Å². The summed E-state index contributed by atoms with van der Waals surface area (Å²) in [6.45, 7) is 4.91. The molecule has 2 nitrogen and oxygen atoms in total. The van der Waals surface area contributed by atoms with Gasteiger partial charge in [-0.05, 0) is 24.3 Å². The van der Waals surface area contributed by atoms with E-state index < -0.39 is 0 Å². The Labute approximate surface area is 173 Å². The van der Waals surface area contributed by atoms with Crippen LogP contribution in [0, 0.1) is 5.92 Å². The number of esters is 1. The molecule has 2 aromatic heterocycles. The summed E-state index contributed by atoms with van der Waals surface area (Å²) in [5, 5.41) is 5.60. The van der Waals surface area contributed by atoms with Gasteiger partial charge >= 0.3 is 5.97 Å². The fourth-order valence-corrected chi connectivity index (χ4v) is 5.45. The maximum Gasteiger partial charge on any atom is 0.309 e. The highest BCUT2D eigenvalue weighted by atomic mass is 32.1. The summed E-state index contributed by atoms with van der Waals surface area (Å²) in [6.07, 6.45) is 14.5. The molecule has 0 aromatic carbocycles. The van der Waals surface area contributed by atoms with E-state index in [1.807, 2.05) is 0 Å². The maximum absolute atomic E-state index is 12.7. The molecule has 152 valence electrons. The van der Waals surface area contributed by atoms with Crippen LogP contribution in [0.5, 0.6) is 0 Å². The lowest BCUT2D eigenvalue weighted by Crippen LogP contribution is -2.18. The second-order valence-electron chi connectivity index (χ2n) is 7.61. The molecule has 0 aliphatic heterocycles. The number of thiophene rings is 2. The van der Waals surface area contributed by atoms with Crippen LogP contribution in [0.25, 0.3) is 10.1 Å². The Bertz CT molecular complexity index is 615. The second kappa shape index (κ2) is 13.3. The zero-order chi connectivity index (χ0) is 19.3. The molecule has 2 aromatic rings. The molecule has 2 heterocycles. The van der Waals surface area contributed by atoms with Crippen LogP contribution in [0.4, 0.5) is 0 Å². The van der Waals surface area contributed by atoms with Gasteiger partial charge in [0.1, 0.15) is 6.61 Å². The van der Waals surface area contributed by atoms with E-state index in [-0.39, 0.29) is 11.9 Å². The summed E-state index contributed by atoms with van der Waals surface area (Å²) in [4.78, 5) is 13.8. The number of hydrogen-bond donors (Lipinski definition) is 0. The first-order valence-corrected chi connectivity index (χ1v) is 12.6. The smallest absolute Gasteiger partial charge is 0.309 e. The van der Waals surface area contributed by atoms with Crippen molar-refractivity contribution in [3.8, 4) is 0 Å². The van der Waals surface area contributed by atoms with Crippen molar-refractivity contribution in [2.24, 2.45) is 5.92 Å². The lowest BCUT2D eigenvalue weighted by molar-refractivity contribution is -0.150. The summed E-state index contributed by atoms with van der Waals surface area (Å²) in [6, 6.07) is 2.16. The highest BCUT2D eigenvalue weighted by Crippen LogP contribution is 2.29. The van der Waals surface area contributed by atoms with Gasteiger partial charge in [0.15, 0.2) is 0 Å². The first-order valence-electron chi connectivity index (χ1n) is 10.9. The highest BCUT2D eigenvalue weighted by molar-refractivity contribution is 7.22. The monoisotopic (exact) mass is 408 g/mol. The molecule has 4 heteroatoms. The van der Waals surface area contributed by atoms with Crippen molar-refractivity contribution < 1.29 is 9.53 Å². The minimum atomic E-state index is 0.0240. The quantitative estimate of drug-likeness (QED) is 0.219. The Balaban J connectivity index is 1.76. The molecule has 0 radical (unpaired) electrons. The Hall–Kier alpha value is -0.870. The molecule has 0 saturated carbocycles. The van der Waals surface area contributed by atoms with Gasteiger partial charge in [0, 0.05) is 20.3 Å². The largest absolute Gasteiger partial charge is 0.460 e. The Morgan fingerprint density at radius 1 is 0.926 bits per heavy atom. The van der Waals surface area contributed by atoms with Crippen LogP contribution in [-0.2, 0) is 16.1 Å². The van der Waals surface area contributed by atoms with Gasteiger partial charge in [-0.25, -0.2) is 0 Å². The van der Waals surface area contributed by atoms with Gasteiger partial charge in [0.25, 0.3) is 0 Å². The molecule has 0 bridgehead atoms. The number of ether oxygens (including phenoxy) is 1. The number of carbonyl (C=O) groups excluding carboxylic acids is 1. The first kappa shape index (κ1) is 22.4. The van der Waals surface area contributed by atoms with Crippen molar-refractivity contribution in [1.82, 2.24) is 0 Å². The van der Waals surface area contributed by atoms with Gasteiger partial charge in [0.2, 0.25) is 0 Å². The third-order valence-corrected chi connectivity index (χ3v) is 7.20. The molecule has 0 amide bonds. The van der Waals surface area contributed by atoms with E-state index in [2.05, 4.69) is 30.7 Å². The highest BCUT2D eigenvalue weighted by Gasteiger charge is 2.20. The van der Waals surface area contributed by atoms with Crippen LogP contribution < -0.4 is 0 Å². The Morgan fingerprint density at radius 2 is 1.56 bits per heavy atom. The summed E-state index contributed by atoms with van der Waals surface area (Å²) >= 11 is 3.47. The van der Waals surface area contributed by atoms with Gasteiger partial charge in [-0.3, -0.25) is 4.79 Å². The lowest BCUT2D eigenvalue weighted by Gasteiger charge is -2.16. The summed E-state index contributed by atoms with van der Waals surface area (Å²) in [5.74, 6) is 0.115. The Morgan fingerprint density at radius 3 is 2.22 bits per heavy atom. The average molecular weight is 409 g/mol. The van der Waals surface area contributed by atoms with E-state index in [1.165, 1.54) is 61.5 Å². The van der Waals surface area contributed by atoms with Crippen LogP contribution in [0.3, 0.4) is 0 Å². The second-order valence-corrected chi connectivity index (χ2v) is 9.53. The molecule has 0 aliphatic rings. The predicted octanol–water partition coefficient (Wildman–Crippen LogP) is 8.34. The molecule has 0 N–H and O–H groups in total. The lowest BCUT2D eigenvalue weighted by atomic mass is 9.94. The summed E-state index contributed by atoms with van der Waals surface area (Å²) < 4.78 is 7.02. The minimum Gasteiger partial charge on any atom is -0.460 e. The number of unbranched alkanes of at least 4 members (excludes halogenated alkanes) is 8. The molecule has 0 aliphatic carbocycles. The van der Waals surface area contributed by atoms with Gasteiger partial charge in [0.05, 0.1) is 5.92 Å². The third kappa shape index (κ3) is 8.35. The molecular formula is C23H36O2S2. The van der Waals surface area contributed by atoms with Crippen molar-refractivity contribution in [2.45, 2.75) is 97.5 Å². The van der Waals surface area contributed by atoms with Crippen molar-refractivity contribution in [3.63, 3.8) is 0 Å². The zero-order valence-corrected chi connectivity index (χ0v) is 18.8. The zero-order valence-electron chi connectivity index (χ0n) is 17.1. The predicted molar refractivity (Wildman–Crippen MR) is 120 cm³/mol.